The summed E-state index contributed by atoms with van der Waals surface area (Å²) in [7, 11) is 0. The van der Waals surface area contributed by atoms with E-state index in [0.29, 0.717) is 6.04 Å². The molecule has 2 N–H and O–H groups in total. The van der Waals surface area contributed by atoms with Gasteiger partial charge in [0.05, 0.1) is 6.61 Å². The summed E-state index contributed by atoms with van der Waals surface area (Å²) in [6.45, 7) is 11.6. The van der Waals surface area contributed by atoms with E-state index in [0.717, 1.165) is 26.3 Å². The van der Waals surface area contributed by atoms with Gasteiger partial charge in [0.15, 0.2) is 0 Å². The first-order valence-electron chi connectivity index (χ1n) is 6.66. The van der Waals surface area contributed by atoms with Crippen LogP contribution < -0.4 is 10.6 Å². The van der Waals surface area contributed by atoms with Gasteiger partial charge in [-0.2, -0.15) is 0 Å². The van der Waals surface area contributed by atoms with Crippen LogP contribution in [0.4, 0.5) is 0 Å². The molecular formula is C13H28N2O. The maximum atomic E-state index is 5.51. The second-order valence-corrected chi connectivity index (χ2v) is 5.56. The second kappa shape index (κ2) is 7.25. The van der Waals surface area contributed by atoms with Crippen LogP contribution in [0.3, 0.4) is 0 Å². The number of ether oxygens (including phenoxy) is 1. The Balaban J connectivity index is 2.20. The van der Waals surface area contributed by atoms with Crippen molar-refractivity contribution in [2.24, 2.45) is 5.41 Å². The molecule has 1 aliphatic heterocycles. The maximum Gasteiger partial charge on any atom is 0.0529 e. The highest BCUT2D eigenvalue weighted by Crippen LogP contribution is 2.15. The summed E-state index contributed by atoms with van der Waals surface area (Å²) >= 11 is 0. The molecule has 1 fully saturated rings. The van der Waals surface area contributed by atoms with Crippen molar-refractivity contribution in [1.29, 1.82) is 0 Å². The Bertz CT molecular complexity index is 175. The lowest BCUT2D eigenvalue weighted by Crippen LogP contribution is -2.39. The Labute approximate surface area is 100 Å². The van der Waals surface area contributed by atoms with E-state index in [1.807, 2.05) is 0 Å². The van der Waals surface area contributed by atoms with Gasteiger partial charge in [0.1, 0.15) is 0 Å². The molecule has 3 nitrogen and oxygen atoms in total. The molecule has 1 atom stereocenters. The zero-order valence-corrected chi connectivity index (χ0v) is 11.1. The predicted octanol–water partition coefficient (Wildman–Crippen LogP) is 1.78. The molecule has 0 spiro atoms. The molecule has 1 heterocycles. The zero-order valence-electron chi connectivity index (χ0n) is 11.1. The van der Waals surface area contributed by atoms with Crippen LogP contribution in [-0.2, 0) is 4.74 Å². The Hall–Kier alpha value is -0.120. The molecular weight excluding hydrogens is 200 g/mol. The Morgan fingerprint density at radius 3 is 2.88 bits per heavy atom. The van der Waals surface area contributed by atoms with Crippen LogP contribution >= 0.6 is 0 Å². The number of nitrogens with one attached hydrogen (secondary N) is 2. The fourth-order valence-corrected chi connectivity index (χ4v) is 2.07. The third kappa shape index (κ3) is 5.83. The topological polar surface area (TPSA) is 33.3 Å². The quantitative estimate of drug-likeness (QED) is 0.727. The molecule has 1 unspecified atom stereocenters. The highest BCUT2D eigenvalue weighted by Gasteiger charge is 2.20. The van der Waals surface area contributed by atoms with E-state index < -0.39 is 0 Å². The number of hydrogen-bond donors (Lipinski definition) is 2. The molecule has 3 heteroatoms. The molecule has 0 saturated carbocycles. The first-order chi connectivity index (χ1) is 7.64. The molecule has 1 rings (SSSR count). The van der Waals surface area contributed by atoms with Gasteiger partial charge in [-0.15, -0.1) is 0 Å². The predicted molar refractivity (Wildman–Crippen MR) is 68.8 cm³/mol. The third-order valence-electron chi connectivity index (χ3n) is 3.14. The van der Waals surface area contributed by atoms with Crippen molar-refractivity contribution in [3.63, 3.8) is 0 Å². The van der Waals surface area contributed by atoms with E-state index in [9.17, 15) is 0 Å². The van der Waals surface area contributed by atoms with Gasteiger partial charge in [0.25, 0.3) is 0 Å². The van der Waals surface area contributed by atoms with Crippen LogP contribution in [-0.4, -0.2) is 38.9 Å². The van der Waals surface area contributed by atoms with Gasteiger partial charge < -0.3 is 15.4 Å². The summed E-state index contributed by atoms with van der Waals surface area (Å²) in [5.74, 6) is 0. The van der Waals surface area contributed by atoms with E-state index in [2.05, 4.69) is 31.4 Å². The molecule has 96 valence electrons. The Kier molecular flexibility index (Phi) is 6.32. The summed E-state index contributed by atoms with van der Waals surface area (Å²) in [6, 6.07) is 0.691. The van der Waals surface area contributed by atoms with Crippen LogP contribution in [0.5, 0.6) is 0 Å². The third-order valence-corrected chi connectivity index (χ3v) is 3.14. The summed E-state index contributed by atoms with van der Waals surface area (Å²) in [5.41, 5.74) is 0.246. The molecule has 0 aliphatic carbocycles. The summed E-state index contributed by atoms with van der Waals surface area (Å²) in [5, 5.41) is 7.13. The van der Waals surface area contributed by atoms with Crippen LogP contribution in [0.25, 0.3) is 0 Å². The molecule has 0 radical (unpaired) electrons. The van der Waals surface area contributed by atoms with Crippen molar-refractivity contribution in [3.05, 3.63) is 0 Å². The molecule has 0 aromatic rings. The summed E-state index contributed by atoms with van der Waals surface area (Å²) in [6.07, 6.45) is 3.85. The summed E-state index contributed by atoms with van der Waals surface area (Å²) < 4.78 is 5.51. The fourth-order valence-electron chi connectivity index (χ4n) is 2.07. The lowest BCUT2D eigenvalue weighted by molar-refractivity contribution is 0.0687. The van der Waals surface area contributed by atoms with Crippen molar-refractivity contribution in [2.45, 2.75) is 46.1 Å². The van der Waals surface area contributed by atoms with Crippen LogP contribution in [0.15, 0.2) is 0 Å². The number of rotatable bonds is 6. The van der Waals surface area contributed by atoms with Crippen molar-refractivity contribution in [2.75, 3.05) is 32.8 Å². The van der Waals surface area contributed by atoms with E-state index >= 15 is 0 Å². The monoisotopic (exact) mass is 228 g/mol. The molecule has 1 saturated heterocycles. The van der Waals surface area contributed by atoms with Gasteiger partial charge in [-0.05, 0) is 39.3 Å². The van der Waals surface area contributed by atoms with Crippen LogP contribution in [0.1, 0.15) is 40.0 Å². The molecule has 0 aromatic heterocycles. The molecule has 0 aromatic carbocycles. The van der Waals surface area contributed by atoms with Crippen molar-refractivity contribution in [3.8, 4) is 0 Å². The number of hydrogen-bond acceptors (Lipinski definition) is 3. The largest absolute Gasteiger partial charge is 0.381 e. The fraction of sp³-hybridized carbons (Fsp3) is 1.00. The first-order valence-corrected chi connectivity index (χ1v) is 6.66. The zero-order chi connectivity index (χ0) is 11.9. The minimum atomic E-state index is 0.246. The maximum absolute atomic E-state index is 5.51. The standard InChI is InChI=1S/C13H28N2O/c1-4-16-11-13(2,3)10-15-12-6-5-8-14-9-7-12/h12,14-15H,4-11H2,1-3H3. The van der Waals surface area contributed by atoms with Crippen LogP contribution in [0.2, 0.25) is 0 Å². The van der Waals surface area contributed by atoms with Gasteiger partial charge in [0.2, 0.25) is 0 Å². The van der Waals surface area contributed by atoms with E-state index in [1.54, 1.807) is 0 Å². The Morgan fingerprint density at radius 2 is 2.12 bits per heavy atom. The van der Waals surface area contributed by atoms with Gasteiger partial charge in [0, 0.05) is 24.6 Å². The van der Waals surface area contributed by atoms with Crippen molar-refractivity contribution in [1.82, 2.24) is 10.6 Å². The highest BCUT2D eigenvalue weighted by atomic mass is 16.5. The summed E-state index contributed by atoms with van der Waals surface area (Å²) in [4.78, 5) is 0. The normalized spacial score (nSPS) is 23.1. The minimum absolute atomic E-state index is 0.246. The highest BCUT2D eigenvalue weighted by molar-refractivity contribution is 4.77. The van der Waals surface area contributed by atoms with Gasteiger partial charge >= 0.3 is 0 Å². The second-order valence-electron chi connectivity index (χ2n) is 5.56. The molecule has 16 heavy (non-hydrogen) atoms. The first kappa shape index (κ1) is 13.9. The SMILES string of the molecule is CCOCC(C)(C)CNC1CCCNCC1. The lowest BCUT2D eigenvalue weighted by atomic mass is 9.94. The average molecular weight is 228 g/mol. The van der Waals surface area contributed by atoms with E-state index in [1.165, 1.54) is 25.8 Å². The van der Waals surface area contributed by atoms with Gasteiger partial charge in [-0.3, -0.25) is 0 Å². The van der Waals surface area contributed by atoms with Gasteiger partial charge in [-0.1, -0.05) is 13.8 Å². The lowest BCUT2D eigenvalue weighted by Gasteiger charge is -2.27. The van der Waals surface area contributed by atoms with E-state index in [-0.39, 0.29) is 5.41 Å². The smallest absolute Gasteiger partial charge is 0.0529 e. The Morgan fingerprint density at radius 1 is 1.31 bits per heavy atom. The van der Waals surface area contributed by atoms with Crippen LogP contribution in [0, 0.1) is 5.41 Å². The molecule has 0 bridgehead atoms. The van der Waals surface area contributed by atoms with Crippen molar-refractivity contribution >= 4 is 0 Å². The molecule has 1 aliphatic rings. The average Bonchev–Trinajstić information content (AvgIpc) is 2.52. The molecule has 0 amide bonds. The minimum Gasteiger partial charge on any atom is -0.381 e. The van der Waals surface area contributed by atoms with E-state index in [4.69, 9.17) is 4.74 Å². The van der Waals surface area contributed by atoms with Crippen molar-refractivity contribution < 1.29 is 4.74 Å². The van der Waals surface area contributed by atoms with Gasteiger partial charge in [-0.25, -0.2) is 0 Å².